The number of sulfone groups is 1. The van der Waals surface area contributed by atoms with Gasteiger partial charge in [-0.05, 0) is 12.1 Å². The van der Waals surface area contributed by atoms with Crippen LogP contribution in [-0.4, -0.2) is 32.3 Å². The highest BCUT2D eigenvalue weighted by atomic mass is 32.2. The number of carbonyl (C=O) groups excluding carboxylic acids is 1. The van der Waals surface area contributed by atoms with Crippen molar-refractivity contribution in [1.82, 2.24) is 0 Å². The number of hydrogen-bond acceptors (Lipinski definition) is 4. The van der Waals surface area contributed by atoms with Crippen LogP contribution in [-0.2, 0) is 14.6 Å². The lowest BCUT2D eigenvalue weighted by Crippen LogP contribution is -2.18. The van der Waals surface area contributed by atoms with Crippen LogP contribution in [0.2, 0.25) is 0 Å². The normalized spacial score (nSPS) is 11.1. The molecular formula is C12H17NO3S. The molecule has 0 amide bonds. The third-order valence-corrected chi connectivity index (χ3v) is 4.10. The van der Waals surface area contributed by atoms with Gasteiger partial charge in [0.15, 0.2) is 5.78 Å². The number of Topliss-reactive ketones (excluding diaryl/α,β-unsaturated/α-hetero) is 1. The van der Waals surface area contributed by atoms with Gasteiger partial charge in [0.05, 0.1) is 12.3 Å². The van der Waals surface area contributed by atoms with Crippen LogP contribution in [0.1, 0.15) is 13.3 Å². The van der Waals surface area contributed by atoms with Gasteiger partial charge in [-0.2, -0.15) is 0 Å². The van der Waals surface area contributed by atoms with E-state index < -0.39 is 9.84 Å². The van der Waals surface area contributed by atoms with Crippen LogP contribution in [0, 0.1) is 0 Å². The molecule has 5 heteroatoms. The van der Waals surface area contributed by atoms with Gasteiger partial charge in [0.2, 0.25) is 0 Å². The Morgan fingerprint density at radius 3 is 2.47 bits per heavy atom. The van der Waals surface area contributed by atoms with Gasteiger partial charge in [-0.25, -0.2) is 8.42 Å². The molecule has 1 N–H and O–H groups in total. The summed E-state index contributed by atoms with van der Waals surface area (Å²) in [5.41, 5.74) is 0.860. The average molecular weight is 255 g/mol. The molecule has 0 unspecified atom stereocenters. The molecule has 1 aromatic rings. The maximum absolute atomic E-state index is 11.5. The highest BCUT2D eigenvalue weighted by Crippen LogP contribution is 2.04. The quantitative estimate of drug-likeness (QED) is 0.802. The van der Waals surface area contributed by atoms with Crippen molar-refractivity contribution in [3.8, 4) is 0 Å². The third-order valence-electron chi connectivity index (χ3n) is 2.40. The molecule has 0 heterocycles. The van der Waals surface area contributed by atoms with Crippen molar-refractivity contribution in [1.29, 1.82) is 0 Å². The maximum Gasteiger partial charge on any atom is 0.152 e. The maximum atomic E-state index is 11.5. The van der Waals surface area contributed by atoms with Crippen LogP contribution in [0.15, 0.2) is 30.3 Å². The molecule has 0 saturated heterocycles. The minimum Gasteiger partial charge on any atom is -0.378 e. The van der Waals surface area contributed by atoms with Crippen molar-refractivity contribution in [2.24, 2.45) is 0 Å². The predicted molar refractivity (Wildman–Crippen MR) is 68.9 cm³/mol. The number of benzene rings is 1. The van der Waals surface area contributed by atoms with Crippen LogP contribution in [0.25, 0.3) is 0 Å². The molecular weight excluding hydrogens is 238 g/mol. The van der Waals surface area contributed by atoms with Gasteiger partial charge in [-0.1, -0.05) is 25.1 Å². The predicted octanol–water partition coefficient (Wildman–Crippen LogP) is 1.49. The minimum absolute atomic E-state index is 0.0567. The highest BCUT2D eigenvalue weighted by molar-refractivity contribution is 7.91. The number of nitrogens with one attached hydrogen (secondary N) is 1. The molecule has 94 valence electrons. The Balaban J connectivity index is 2.32. The summed E-state index contributed by atoms with van der Waals surface area (Å²) in [4.78, 5) is 11.5. The van der Waals surface area contributed by atoms with E-state index in [2.05, 4.69) is 5.32 Å². The summed E-state index contributed by atoms with van der Waals surface area (Å²) in [5, 5.41) is 2.95. The summed E-state index contributed by atoms with van der Waals surface area (Å²) in [6.45, 7) is 1.76. The number of ketones is 1. The second-order valence-electron chi connectivity index (χ2n) is 3.74. The summed E-state index contributed by atoms with van der Waals surface area (Å²) in [5.74, 6) is -0.0588. The smallest absolute Gasteiger partial charge is 0.152 e. The second-order valence-corrected chi connectivity index (χ2v) is 6.22. The van der Waals surface area contributed by atoms with Crippen LogP contribution >= 0.6 is 0 Å². The molecule has 0 aliphatic heterocycles. The van der Waals surface area contributed by atoms with E-state index in [1.165, 1.54) is 0 Å². The first-order chi connectivity index (χ1) is 8.03. The van der Waals surface area contributed by atoms with E-state index in [0.717, 1.165) is 5.69 Å². The lowest BCUT2D eigenvalue weighted by atomic mass is 10.3. The molecule has 0 atom stereocenters. The average Bonchev–Trinajstić information content (AvgIpc) is 2.35. The Morgan fingerprint density at radius 1 is 1.24 bits per heavy atom. The largest absolute Gasteiger partial charge is 0.378 e. The number of hydrogen-bond donors (Lipinski definition) is 1. The second kappa shape index (κ2) is 6.39. The summed E-state index contributed by atoms with van der Waals surface area (Å²) in [7, 11) is -3.05. The van der Waals surface area contributed by atoms with E-state index in [0.29, 0.717) is 0 Å². The standard InChI is InChI=1S/C12H17NO3S/c1-2-17(15,16)9-8-12(14)10-13-11-6-4-3-5-7-11/h3-7,13H,2,8-10H2,1H3. The van der Waals surface area contributed by atoms with Gasteiger partial charge in [-0.3, -0.25) is 4.79 Å². The van der Waals surface area contributed by atoms with Crippen molar-refractivity contribution < 1.29 is 13.2 Å². The third kappa shape index (κ3) is 5.49. The summed E-state index contributed by atoms with van der Waals surface area (Å²) < 4.78 is 22.4. The van der Waals surface area contributed by atoms with E-state index in [9.17, 15) is 13.2 Å². The van der Waals surface area contributed by atoms with E-state index in [4.69, 9.17) is 0 Å². The SMILES string of the molecule is CCS(=O)(=O)CCC(=O)CNc1ccccc1. The lowest BCUT2D eigenvalue weighted by Gasteiger charge is -2.05. The molecule has 0 radical (unpaired) electrons. The highest BCUT2D eigenvalue weighted by Gasteiger charge is 2.10. The Bertz CT molecular complexity index is 454. The molecule has 0 fully saturated rings. The monoisotopic (exact) mass is 255 g/mol. The molecule has 17 heavy (non-hydrogen) atoms. The zero-order valence-electron chi connectivity index (χ0n) is 9.85. The molecule has 0 spiro atoms. The summed E-state index contributed by atoms with van der Waals surface area (Å²) in [6, 6.07) is 9.34. The Labute approximate surface area is 102 Å². The fourth-order valence-electron chi connectivity index (χ4n) is 1.26. The van der Waals surface area contributed by atoms with Gasteiger partial charge in [0.1, 0.15) is 9.84 Å². The Morgan fingerprint density at radius 2 is 1.88 bits per heavy atom. The van der Waals surface area contributed by atoms with Crippen molar-refractivity contribution in [2.45, 2.75) is 13.3 Å². The molecule has 0 saturated carbocycles. The van der Waals surface area contributed by atoms with Crippen molar-refractivity contribution in [3.63, 3.8) is 0 Å². The van der Waals surface area contributed by atoms with Gasteiger partial charge < -0.3 is 5.32 Å². The van der Waals surface area contributed by atoms with E-state index in [1.807, 2.05) is 30.3 Å². The van der Waals surface area contributed by atoms with Gasteiger partial charge in [0, 0.05) is 17.9 Å². The lowest BCUT2D eigenvalue weighted by molar-refractivity contribution is -0.117. The van der Waals surface area contributed by atoms with Gasteiger partial charge >= 0.3 is 0 Å². The first-order valence-corrected chi connectivity index (χ1v) is 7.36. The van der Waals surface area contributed by atoms with Gasteiger partial charge in [0.25, 0.3) is 0 Å². The topological polar surface area (TPSA) is 63.2 Å². The number of para-hydroxylation sites is 1. The molecule has 1 aromatic carbocycles. The van der Waals surface area contributed by atoms with E-state index in [1.54, 1.807) is 6.92 Å². The van der Waals surface area contributed by atoms with E-state index in [-0.39, 0.29) is 30.3 Å². The number of carbonyl (C=O) groups is 1. The minimum atomic E-state index is -3.05. The van der Waals surface area contributed by atoms with Crippen molar-refractivity contribution >= 4 is 21.3 Å². The fraction of sp³-hybridized carbons (Fsp3) is 0.417. The van der Waals surface area contributed by atoms with E-state index >= 15 is 0 Å². The van der Waals surface area contributed by atoms with Crippen molar-refractivity contribution in [3.05, 3.63) is 30.3 Å². The van der Waals surface area contributed by atoms with Crippen LogP contribution < -0.4 is 5.32 Å². The van der Waals surface area contributed by atoms with Crippen LogP contribution in [0.3, 0.4) is 0 Å². The fourth-order valence-corrected chi connectivity index (χ4v) is 2.09. The molecule has 4 nitrogen and oxygen atoms in total. The molecule has 0 aromatic heterocycles. The molecule has 1 rings (SSSR count). The number of rotatable bonds is 7. The van der Waals surface area contributed by atoms with Crippen LogP contribution in [0.5, 0.6) is 0 Å². The number of anilines is 1. The zero-order valence-corrected chi connectivity index (χ0v) is 10.7. The Hall–Kier alpha value is -1.36. The first kappa shape index (κ1) is 13.7. The summed E-state index contributed by atoms with van der Waals surface area (Å²) >= 11 is 0. The van der Waals surface area contributed by atoms with Crippen molar-refractivity contribution in [2.75, 3.05) is 23.4 Å². The Kier molecular flexibility index (Phi) is 5.15. The van der Waals surface area contributed by atoms with Crippen LogP contribution in [0.4, 0.5) is 5.69 Å². The zero-order chi connectivity index (χ0) is 12.7. The molecule has 0 bridgehead atoms. The molecule has 0 aliphatic rings. The van der Waals surface area contributed by atoms with Gasteiger partial charge in [-0.15, -0.1) is 0 Å². The first-order valence-electron chi connectivity index (χ1n) is 5.54. The molecule has 0 aliphatic carbocycles. The summed E-state index contributed by atoms with van der Waals surface area (Å²) in [6.07, 6.45) is 0.0794.